The highest BCUT2D eigenvalue weighted by atomic mass is 14.1. The summed E-state index contributed by atoms with van der Waals surface area (Å²) >= 11 is 0. The van der Waals surface area contributed by atoms with Crippen LogP contribution in [-0.2, 0) is 0 Å². The van der Waals surface area contributed by atoms with E-state index in [0.29, 0.717) is 0 Å². The lowest BCUT2D eigenvalue weighted by molar-refractivity contribution is 0.429. The van der Waals surface area contributed by atoms with Crippen LogP contribution in [0.4, 0.5) is 0 Å². The van der Waals surface area contributed by atoms with Crippen molar-refractivity contribution in [1.82, 2.24) is 0 Å². The first-order valence-corrected chi connectivity index (χ1v) is 16.8. The predicted molar refractivity (Wildman–Crippen MR) is 159 cm³/mol. The van der Waals surface area contributed by atoms with Gasteiger partial charge < -0.3 is 0 Å². The highest BCUT2D eigenvalue weighted by molar-refractivity contribution is 4.56. The van der Waals surface area contributed by atoms with Gasteiger partial charge in [0.25, 0.3) is 0 Å². The fraction of sp³-hybridized carbons (Fsp3) is 1.00. The Morgan fingerprint density at radius 3 is 0.647 bits per heavy atom. The van der Waals surface area contributed by atoms with Crippen molar-refractivity contribution in [3.63, 3.8) is 0 Å². The first-order valence-electron chi connectivity index (χ1n) is 16.8. The maximum atomic E-state index is 2.50. The lowest BCUT2D eigenvalue weighted by Gasteiger charge is -2.11. The minimum atomic E-state index is 0.967. The molecule has 0 radical (unpaired) electrons. The molecule has 0 amide bonds. The van der Waals surface area contributed by atoms with Gasteiger partial charge in [-0.2, -0.15) is 0 Å². The quantitative estimate of drug-likeness (QED) is 0.0900. The molecule has 0 bridgehead atoms. The summed E-state index contributed by atoms with van der Waals surface area (Å²) in [5.41, 5.74) is 0. The molecular weight excluding hydrogens is 408 g/mol. The molecule has 0 aromatic rings. The van der Waals surface area contributed by atoms with Crippen LogP contribution in [0, 0.1) is 5.92 Å². The maximum Gasteiger partial charge on any atom is -0.0443 e. The Labute approximate surface area is 219 Å². The van der Waals surface area contributed by atoms with Gasteiger partial charge in [0.1, 0.15) is 0 Å². The SMILES string of the molecule is CCCCCCCCCCCCCCCCCC[C@H](C)CCCCCCCCCCCCCC. The van der Waals surface area contributed by atoms with Gasteiger partial charge >= 0.3 is 0 Å². The van der Waals surface area contributed by atoms with E-state index in [2.05, 4.69) is 20.8 Å². The van der Waals surface area contributed by atoms with Crippen molar-refractivity contribution in [1.29, 1.82) is 0 Å². The largest absolute Gasteiger partial charge is 0.0654 e. The summed E-state index contributed by atoms with van der Waals surface area (Å²) in [5.74, 6) is 0.967. The molecule has 0 spiro atoms. The van der Waals surface area contributed by atoms with E-state index in [4.69, 9.17) is 0 Å². The standard InChI is InChI=1S/C34H70/c1-4-6-8-10-12-14-16-18-19-20-21-23-25-27-29-31-33-34(3)32-30-28-26-24-22-17-15-13-11-9-7-5-2/h34H,4-33H2,1-3H3/t34-/m1/s1. The molecule has 0 fully saturated rings. The second-order valence-electron chi connectivity index (χ2n) is 11.9. The number of hydrogen-bond donors (Lipinski definition) is 0. The molecule has 0 aliphatic heterocycles. The number of rotatable bonds is 30. The predicted octanol–water partition coefficient (Wildman–Crippen LogP) is 13.4. The van der Waals surface area contributed by atoms with Gasteiger partial charge in [0.05, 0.1) is 0 Å². The van der Waals surface area contributed by atoms with Crippen LogP contribution in [0.3, 0.4) is 0 Å². The summed E-state index contributed by atoms with van der Waals surface area (Å²) < 4.78 is 0. The first kappa shape index (κ1) is 34.0. The average molecular weight is 479 g/mol. The lowest BCUT2D eigenvalue weighted by Crippen LogP contribution is -1.95. The Morgan fingerprint density at radius 1 is 0.265 bits per heavy atom. The van der Waals surface area contributed by atoms with Gasteiger partial charge in [0.15, 0.2) is 0 Å². The average Bonchev–Trinajstić information content (AvgIpc) is 2.84. The lowest BCUT2D eigenvalue weighted by atomic mass is 9.95. The van der Waals surface area contributed by atoms with E-state index in [1.54, 1.807) is 0 Å². The molecule has 0 aromatic heterocycles. The van der Waals surface area contributed by atoms with E-state index < -0.39 is 0 Å². The summed E-state index contributed by atoms with van der Waals surface area (Å²) in [6.07, 6.45) is 44.2. The third-order valence-electron chi connectivity index (χ3n) is 8.10. The Balaban J connectivity index is 3.13. The molecule has 206 valence electrons. The van der Waals surface area contributed by atoms with Gasteiger partial charge in [-0.15, -0.1) is 0 Å². The van der Waals surface area contributed by atoms with Crippen LogP contribution < -0.4 is 0 Å². The molecule has 0 heterocycles. The topological polar surface area (TPSA) is 0 Å². The Kier molecular flexibility index (Phi) is 31.0. The van der Waals surface area contributed by atoms with E-state index in [1.165, 1.54) is 193 Å². The summed E-state index contributed by atoms with van der Waals surface area (Å²) in [7, 11) is 0. The maximum absolute atomic E-state index is 2.50. The highest BCUT2D eigenvalue weighted by Gasteiger charge is 2.02. The molecule has 34 heavy (non-hydrogen) atoms. The molecule has 1 atom stereocenters. The van der Waals surface area contributed by atoms with Gasteiger partial charge in [-0.05, 0) is 5.92 Å². The molecule has 0 aliphatic rings. The van der Waals surface area contributed by atoms with Crippen LogP contribution >= 0.6 is 0 Å². The van der Waals surface area contributed by atoms with Gasteiger partial charge in [-0.1, -0.05) is 213 Å². The Morgan fingerprint density at radius 2 is 0.441 bits per heavy atom. The third kappa shape index (κ3) is 30.0. The minimum Gasteiger partial charge on any atom is -0.0654 e. The second kappa shape index (κ2) is 31.0. The zero-order chi connectivity index (χ0) is 24.8. The minimum absolute atomic E-state index is 0.967. The van der Waals surface area contributed by atoms with Crippen LogP contribution in [0.25, 0.3) is 0 Å². The van der Waals surface area contributed by atoms with Crippen LogP contribution in [0.2, 0.25) is 0 Å². The van der Waals surface area contributed by atoms with Crippen molar-refractivity contribution in [3.8, 4) is 0 Å². The van der Waals surface area contributed by atoms with Crippen molar-refractivity contribution in [2.75, 3.05) is 0 Å². The summed E-state index contributed by atoms with van der Waals surface area (Å²) in [5, 5.41) is 0. The highest BCUT2D eigenvalue weighted by Crippen LogP contribution is 2.19. The smallest absolute Gasteiger partial charge is 0.0443 e. The fourth-order valence-electron chi connectivity index (χ4n) is 5.52. The summed E-state index contributed by atoms with van der Waals surface area (Å²) in [6, 6.07) is 0. The fourth-order valence-corrected chi connectivity index (χ4v) is 5.52. The van der Waals surface area contributed by atoms with Crippen molar-refractivity contribution in [2.45, 2.75) is 213 Å². The van der Waals surface area contributed by atoms with Crippen LogP contribution in [-0.4, -0.2) is 0 Å². The van der Waals surface area contributed by atoms with Gasteiger partial charge in [-0.25, -0.2) is 0 Å². The van der Waals surface area contributed by atoms with Crippen molar-refractivity contribution in [3.05, 3.63) is 0 Å². The number of unbranched alkanes of at least 4 members (excludes halogenated alkanes) is 26. The molecule has 0 rings (SSSR count). The van der Waals surface area contributed by atoms with Gasteiger partial charge in [-0.3, -0.25) is 0 Å². The van der Waals surface area contributed by atoms with E-state index in [0.717, 1.165) is 5.92 Å². The van der Waals surface area contributed by atoms with Crippen LogP contribution in [0.1, 0.15) is 213 Å². The molecule has 0 saturated heterocycles. The van der Waals surface area contributed by atoms with Gasteiger partial charge in [0.2, 0.25) is 0 Å². The van der Waals surface area contributed by atoms with Crippen molar-refractivity contribution in [2.24, 2.45) is 5.92 Å². The number of hydrogen-bond acceptors (Lipinski definition) is 0. The molecule has 0 aliphatic carbocycles. The van der Waals surface area contributed by atoms with E-state index in [9.17, 15) is 0 Å². The molecule has 0 saturated carbocycles. The molecule has 0 heteroatoms. The second-order valence-corrected chi connectivity index (χ2v) is 11.9. The monoisotopic (exact) mass is 479 g/mol. The van der Waals surface area contributed by atoms with Crippen LogP contribution in [0.5, 0.6) is 0 Å². The summed E-state index contributed by atoms with van der Waals surface area (Å²) in [6.45, 7) is 7.12. The zero-order valence-electron chi connectivity index (χ0n) is 24.8. The first-order chi connectivity index (χ1) is 16.8. The molecule has 0 N–H and O–H groups in total. The van der Waals surface area contributed by atoms with Gasteiger partial charge in [0, 0.05) is 0 Å². The molecule has 0 nitrogen and oxygen atoms in total. The Hall–Kier alpha value is 0. The molecule has 0 unspecified atom stereocenters. The molecular formula is C34H70. The third-order valence-corrected chi connectivity index (χ3v) is 8.10. The summed E-state index contributed by atoms with van der Waals surface area (Å²) in [4.78, 5) is 0. The Bertz CT molecular complexity index is 333. The van der Waals surface area contributed by atoms with Crippen molar-refractivity contribution < 1.29 is 0 Å². The normalized spacial score (nSPS) is 12.4. The van der Waals surface area contributed by atoms with Crippen molar-refractivity contribution >= 4 is 0 Å². The van der Waals surface area contributed by atoms with E-state index >= 15 is 0 Å². The van der Waals surface area contributed by atoms with Crippen LogP contribution in [0.15, 0.2) is 0 Å². The molecule has 0 aromatic carbocycles. The van der Waals surface area contributed by atoms with E-state index in [1.807, 2.05) is 0 Å². The zero-order valence-corrected chi connectivity index (χ0v) is 24.8. The van der Waals surface area contributed by atoms with E-state index in [-0.39, 0.29) is 0 Å².